The number of rotatable bonds is 6. The molecule has 0 N–H and O–H groups in total. The molecule has 2 aromatic heterocycles. The van der Waals surface area contributed by atoms with Crippen LogP contribution in [0.2, 0.25) is 0 Å². The van der Waals surface area contributed by atoms with Gasteiger partial charge in [-0.15, -0.1) is 22.7 Å². The standard InChI is InChI=1S/C15H18BrNOS2/c1-11(2)14(16)15(18)17(9-12-5-3-7-19-12)10-13-6-4-8-20-13/h3-8,11,14H,9-10H2,1-2H3. The van der Waals surface area contributed by atoms with E-state index in [-0.39, 0.29) is 16.7 Å². The molecule has 0 radical (unpaired) electrons. The lowest BCUT2D eigenvalue weighted by molar-refractivity contribution is -0.132. The number of halogens is 1. The predicted molar refractivity (Wildman–Crippen MR) is 90.4 cm³/mol. The first kappa shape index (κ1) is 15.7. The minimum Gasteiger partial charge on any atom is -0.331 e. The van der Waals surface area contributed by atoms with Gasteiger partial charge in [-0.3, -0.25) is 4.79 Å². The van der Waals surface area contributed by atoms with Crippen molar-refractivity contribution >= 4 is 44.5 Å². The highest BCUT2D eigenvalue weighted by Crippen LogP contribution is 2.22. The summed E-state index contributed by atoms with van der Waals surface area (Å²) < 4.78 is 0. The van der Waals surface area contributed by atoms with Crippen molar-refractivity contribution in [1.29, 1.82) is 0 Å². The van der Waals surface area contributed by atoms with Crippen molar-refractivity contribution in [3.05, 3.63) is 44.8 Å². The fourth-order valence-corrected chi connectivity index (χ4v) is 3.58. The molecule has 5 heteroatoms. The van der Waals surface area contributed by atoms with Crippen LogP contribution >= 0.6 is 38.6 Å². The normalized spacial score (nSPS) is 12.6. The van der Waals surface area contributed by atoms with Crippen molar-refractivity contribution in [1.82, 2.24) is 4.90 Å². The van der Waals surface area contributed by atoms with Crippen LogP contribution < -0.4 is 0 Å². The highest BCUT2D eigenvalue weighted by molar-refractivity contribution is 9.10. The number of nitrogens with zero attached hydrogens (tertiary/aromatic N) is 1. The first-order valence-electron chi connectivity index (χ1n) is 6.55. The van der Waals surface area contributed by atoms with Crippen LogP contribution in [0, 0.1) is 5.92 Å². The Morgan fingerprint density at radius 3 is 2.00 bits per heavy atom. The molecule has 0 saturated carbocycles. The van der Waals surface area contributed by atoms with Gasteiger partial charge < -0.3 is 4.90 Å². The van der Waals surface area contributed by atoms with E-state index in [9.17, 15) is 4.79 Å². The van der Waals surface area contributed by atoms with Crippen molar-refractivity contribution in [3.63, 3.8) is 0 Å². The lowest BCUT2D eigenvalue weighted by Crippen LogP contribution is -2.37. The number of hydrogen-bond donors (Lipinski definition) is 0. The van der Waals surface area contributed by atoms with Gasteiger partial charge in [0, 0.05) is 9.75 Å². The molecule has 2 aromatic rings. The first-order chi connectivity index (χ1) is 9.58. The molecular weight excluding hydrogens is 354 g/mol. The molecule has 0 saturated heterocycles. The van der Waals surface area contributed by atoms with Gasteiger partial charge in [0.25, 0.3) is 0 Å². The average molecular weight is 372 g/mol. The van der Waals surface area contributed by atoms with Crippen LogP contribution in [0.25, 0.3) is 0 Å². The molecule has 0 aliphatic rings. The van der Waals surface area contributed by atoms with Crippen molar-refractivity contribution in [3.8, 4) is 0 Å². The van der Waals surface area contributed by atoms with Gasteiger partial charge in [0.05, 0.1) is 17.9 Å². The van der Waals surface area contributed by atoms with Crippen molar-refractivity contribution < 1.29 is 4.79 Å². The molecule has 108 valence electrons. The lowest BCUT2D eigenvalue weighted by Gasteiger charge is -2.25. The van der Waals surface area contributed by atoms with Gasteiger partial charge in [-0.25, -0.2) is 0 Å². The largest absolute Gasteiger partial charge is 0.331 e. The molecule has 0 fully saturated rings. The summed E-state index contributed by atoms with van der Waals surface area (Å²) in [6.45, 7) is 5.49. The summed E-state index contributed by atoms with van der Waals surface area (Å²) in [5.41, 5.74) is 0. The number of amides is 1. The zero-order valence-electron chi connectivity index (χ0n) is 11.6. The molecule has 0 aliphatic carbocycles. The van der Waals surface area contributed by atoms with E-state index < -0.39 is 0 Å². The number of hydrogen-bond acceptors (Lipinski definition) is 3. The Hall–Kier alpha value is -0.650. The van der Waals surface area contributed by atoms with Gasteiger partial charge in [0.15, 0.2) is 0 Å². The highest BCUT2D eigenvalue weighted by atomic mass is 79.9. The quantitative estimate of drug-likeness (QED) is 0.670. The number of carbonyl (C=O) groups is 1. The molecule has 1 unspecified atom stereocenters. The van der Waals surface area contributed by atoms with Gasteiger partial charge in [-0.1, -0.05) is 41.9 Å². The summed E-state index contributed by atoms with van der Waals surface area (Å²) in [6, 6.07) is 8.22. The number of thiophene rings is 2. The molecular formula is C15H18BrNOS2. The topological polar surface area (TPSA) is 20.3 Å². The smallest absolute Gasteiger partial charge is 0.237 e. The summed E-state index contributed by atoms with van der Waals surface area (Å²) in [5, 5.41) is 4.11. The summed E-state index contributed by atoms with van der Waals surface area (Å²) in [5.74, 6) is 0.457. The summed E-state index contributed by atoms with van der Waals surface area (Å²) >= 11 is 6.92. The van der Waals surface area contributed by atoms with E-state index in [4.69, 9.17) is 0 Å². The minimum atomic E-state index is -0.123. The van der Waals surface area contributed by atoms with E-state index in [2.05, 4.69) is 52.7 Å². The first-order valence-corrected chi connectivity index (χ1v) is 9.23. The molecule has 0 bridgehead atoms. The molecule has 0 aromatic carbocycles. The van der Waals surface area contributed by atoms with Crippen LogP contribution in [0.15, 0.2) is 35.0 Å². The van der Waals surface area contributed by atoms with Crippen molar-refractivity contribution in [2.75, 3.05) is 0 Å². The van der Waals surface area contributed by atoms with Crippen LogP contribution in [-0.4, -0.2) is 15.6 Å². The summed E-state index contributed by atoms with van der Waals surface area (Å²) in [4.78, 5) is 16.9. The van der Waals surface area contributed by atoms with E-state index in [1.54, 1.807) is 22.7 Å². The van der Waals surface area contributed by atoms with Gasteiger partial charge in [0.1, 0.15) is 0 Å². The molecule has 0 spiro atoms. The third-order valence-electron chi connectivity index (χ3n) is 2.99. The van der Waals surface area contributed by atoms with E-state index in [0.29, 0.717) is 13.1 Å². The fraction of sp³-hybridized carbons (Fsp3) is 0.400. The monoisotopic (exact) mass is 371 g/mol. The Bertz CT molecular complexity index is 486. The van der Waals surface area contributed by atoms with E-state index in [1.807, 2.05) is 17.0 Å². The van der Waals surface area contributed by atoms with Crippen LogP contribution in [-0.2, 0) is 17.9 Å². The van der Waals surface area contributed by atoms with Crippen LogP contribution in [0.4, 0.5) is 0 Å². The van der Waals surface area contributed by atoms with E-state index in [1.165, 1.54) is 9.75 Å². The van der Waals surface area contributed by atoms with Crippen LogP contribution in [0.1, 0.15) is 23.6 Å². The van der Waals surface area contributed by atoms with Crippen LogP contribution in [0.5, 0.6) is 0 Å². The Morgan fingerprint density at radius 1 is 1.15 bits per heavy atom. The molecule has 2 rings (SSSR count). The highest BCUT2D eigenvalue weighted by Gasteiger charge is 2.25. The summed E-state index contributed by atoms with van der Waals surface area (Å²) in [7, 11) is 0. The molecule has 2 heterocycles. The van der Waals surface area contributed by atoms with E-state index >= 15 is 0 Å². The maximum Gasteiger partial charge on any atom is 0.237 e. The number of alkyl halides is 1. The SMILES string of the molecule is CC(C)C(Br)C(=O)N(Cc1cccs1)Cc1cccs1. The minimum absolute atomic E-state index is 0.123. The zero-order valence-corrected chi connectivity index (χ0v) is 14.8. The predicted octanol–water partition coefficient (Wildman–Crippen LogP) is 4.76. The number of carbonyl (C=O) groups excluding carboxylic acids is 1. The maximum absolute atomic E-state index is 12.6. The third-order valence-corrected chi connectivity index (χ3v) is 6.16. The molecule has 2 nitrogen and oxygen atoms in total. The second-order valence-corrected chi connectivity index (χ2v) is 8.05. The molecule has 1 atom stereocenters. The van der Waals surface area contributed by atoms with Crippen molar-refractivity contribution in [2.24, 2.45) is 5.92 Å². The zero-order chi connectivity index (χ0) is 14.5. The maximum atomic E-state index is 12.6. The fourth-order valence-electron chi connectivity index (χ4n) is 1.85. The molecule has 1 amide bonds. The van der Waals surface area contributed by atoms with Gasteiger partial charge in [0.2, 0.25) is 5.91 Å². The van der Waals surface area contributed by atoms with Gasteiger partial charge in [-0.2, -0.15) is 0 Å². The second-order valence-electron chi connectivity index (χ2n) is 5.00. The lowest BCUT2D eigenvalue weighted by atomic mass is 10.1. The third kappa shape index (κ3) is 4.17. The van der Waals surface area contributed by atoms with Crippen molar-refractivity contribution in [2.45, 2.75) is 31.8 Å². The molecule has 20 heavy (non-hydrogen) atoms. The molecule has 0 aliphatic heterocycles. The second kappa shape index (κ2) is 7.38. The summed E-state index contributed by atoms with van der Waals surface area (Å²) in [6.07, 6.45) is 0. The Morgan fingerprint density at radius 2 is 1.65 bits per heavy atom. The van der Waals surface area contributed by atoms with E-state index in [0.717, 1.165) is 0 Å². The van der Waals surface area contributed by atoms with Gasteiger partial charge in [-0.05, 0) is 28.8 Å². The Kier molecular flexibility index (Phi) is 5.81. The van der Waals surface area contributed by atoms with Gasteiger partial charge >= 0.3 is 0 Å². The Balaban J connectivity index is 2.12. The average Bonchev–Trinajstić information content (AvgIpc) is 3.09. The van der Waals surface area contributed by atoms with Crippen LogP contribution in [0.3, 0.4) is 0 Å². The Labute approximate surface area is 136 Å².